The highest BCUT2D eigenvalue weighted by atomic mass is 32.2. The normalized spacial score (nSPS) is 15.0. The van der Waals surface area contributed by atoms with Crippen molar-refractivity contribution in [2.24, 2.45) is 0 Å². The molecule has 8 nitrogen and oxygen atoms in total. The predicted molar refractivity (Wildman–Crippen MR) is 147 cm³/mol. The molecule has 1 unspecified atom stereocenters. The molecular weight excluding hydrogens is 514 g/mol. The van der Waals surface area contributed by atoms with Gasteiger partial charge in [-0.15, -0.1) is 0 Å². The summed E-state index contributed by atoms with van der Waals surface area (Å²) in [4.78, 5) is 11.7. The summed E-state index contributed by atoms with van der Waals surface area (Å²) in [7, 11) is -3.99. The van der Waals surface area contributed by atoms with Gasteiger partial charge in [0.25, 0.3) is 0 Å². The lowest BCUT2D eigenvalue weighted by Crippen LogP contribution is -2.27. The smallest absolute Gasteiger partial charge is 0.229 e. The van der Waals surface area contributed by atoms with Crippen molar-refractivity contribution in [2.45, 2.75) is 62.6 Å². The number of rotatable bonds is 11. The lowest BCUT2D eigenvalue weighted by molar-refractivity contribution is -0.115. The third-order valence-electron chi connectivity index (χ3n) is 5.70. The number of nitrogens with one attached hydrogen (secondary N) is 1. The molecule has 0 radical (unpaired) electrons. The molecule has 1 atom stereocenters. The highest BCUT2D eigenvalue weighted by Gasteiger charge is 2.16. The molecule has 2 aromatic rings. The van der Waals surface area contributed by atoms with E-state index in [2.05, 4.69) is 17.8 Å². The van der Waals surface area contributed by atoms with Gasteiger partial charge < -0.3 is 24.4 Å². The second-order valence-electron chi connectivity index (χ2n) is 9.34. The Kier molecular flexibility index (Phi) is 13.4. The third kappa shape index (κ3) is 13.3. The Labute approximate surface area is 223 Å². The highest BCUT2D eigenvalue weighted by molar-refractivity contribution is 7.95. The molecule has 2 aromatic carbocycles. The van der Waals surface area contributed by atoms with Gasteiger partial charge in [-0.2, -0.15) is 0 Å². The van der Waals surface area contributed by atoms with Gasteiger partial charge in [-0.25, -0.2) is 8.42 Å². The van der Waals surface area contributed by atoms with Crippen molar-refractivity contribution < 1.29 is 32.3 Å². The van der Waals surface area contributed by atoms with E-state index in [0.717, 1.165) is 29.8 Å². The molecule has 0 aliphatic heterocycles. The minimum Gasteiger partial charge on any atom is -0.744 e. The molecule has 3 rings (SSSR count). The molecule has 0 saturated heterocycles. The summed E-state index contributed by atoms with van der Waals surface area (Å²) >= 11 is 0. The Morgan fingerprint density at radius 3 is 2.24 bits per heavy atom. The Morgan fingerprint density at radius 1 is 1.05 bits per heavy atom. The molecule has 1 amide bonds. The van der Waals surface area contributed by atoms with Crippen LogP contribution in [0, 0.1) is 6.92 Å². The first-order valence-electron chi connectivity index (χ1n) is 12.4. The van der Waals surface area contributed by atoms with Gasteiger partial charge in [-0.1, -0.05) is 37.0 Å². The first-order valence-corrected chi connectivity index (χ1v) is 16.0. The molecule has 0 heterocycles. The summed E-state index contributed by atoms with van der Waals surface area (Å²) in [5, 5.41) is 12.9. The van der Waals surface area contributed by atoms with E-state index < -0.39 is 16.2 Å². The summed E-state index contributed by atoms with van der Waals surface area (Å²) in [5.41, 5.74) is 1.69. The van der Waals surface area contributed by atoms with Crippen molar-refractivity contribution in [3.8, 4) is 5.75 Å². The summed E-state index contributed by atoms with van der Waals surface area (Å²) in [6.07, 6.45) is 10.4. The van der Waals surface area contributed by atoms with Crippen molar-refractivity contribution in [3.63, 3.8) is 0 Å². The zero-order valence-corrected chi connectivity index (χ0v) is 23.5. The van der Waals surface area contributed by atoms with Crippen LogP contribution in [0.15, 0.2) is 53.4 Å². The molecule has 0 aromatic heterocycles. The quantitative estimate of drug-likeness (QED) is 0.320. The number of aliphatic hydroxyl groups is 1. The fourth-order valence-corrected chi connectivity index (χ4v) is 4.64. The van der Waals surface area contributed by atoms with E-state index in [4.69, 9.17) is 9.47 Å². The fourth-order valence-electron chi connectivity index (χ4n) is 3.58. The largest absolute Gasteiger partial charge is 0.744 e. The minimum absolute atomic E-state index is 0.0372. The number of amides is 1. The number of carbonyl (C=O) groups is 1. The van der Waals surface area contributed by atoms with E-state index in [9.17, 15) is 22.9 Å². The van der Waals surface area contributed by atoms with Crippen LogP contribution in [0.4, 0.5) is 5.69 Å². The molecule has 37 heavy (non-hydrogen) atoms. The van der Waals surface area contributed by atoms with Crippen LogP contribution in [0.1, 0.15) is 44.1 Å². The Hall–Kier alpha value is -2.11. The molecule has 10 heteroatoms. The van der Waals surface area contributed by atoms with E-state index in [1.165, 1.54) is 31.4 Å². The van der Waals surface area contributed by atoms with Gasteiger partial charge in [0.05, 0.1) is 36.5 Å². The number of benzene rings is 2. The number of anilines is 1. The molecule has 1 aliphatic carbocycles. The van der Waals surface area contributed by atoms with Gasteiger partial charge >= 0.3 is 0 Å². The van der Waals surface area contributed by atoms with Crippen molar-refractivity contribution in [3.05, 3.63) is 54.1 Å². The maximum atomic E-state index is 11.8. The van der Waals surface area contributed by atoms with Crippen LogP contribution < -0.4 is 10.1 Å². The number of aryl methyl sites for hydroxylation is 1. The SMILES string of the molecule is C[S+](C)CCC(=O)Nc1ccc(OCC(O)COC2CCCCC2)cc1.Cc1ccc(S(=O)(=O)[O-])cc1. The average Bonchev–Trinajstić information content (AvgIpc) is 2.86. The second kappa shape index (κ2) is 16.0. The fraction of sp³-hybridized carbons (Fsp3) is 0.519. The zero-order valence-electron chi connectivity index (χ0n) is 21.9. The molecule has 1 fully saturated rings. The second-order valence-corrected chi connectivity index (χ2v) is 13.1. The summed E-state index contributed by atoms with van der Waals surface area (Å²) in [6, 6.07) is 13.0. The van der Waals surface area contributed by atoms with Crippen LogP contribution in [-0.2, 0) is 30.5 Å². The van der Waals surface area contributed by atoms with Crippen LogP contribution in [0.3, 0.4) is 0 Å². The molecule has 0 bridgehead atoms. The number of hydrogen-bond acceptors (Lipinski definition) is 7. The summed E-state index contributed by atoms with van der Waals surface area (Å²) in [6.45, 7) is 2.34. The number of hydrogen-bond donors (Lipinski definition) is 2. The van der Waals surface area contributed by atoms with Crippen LogP contribution in [0.2, 0.25) is 0 Å². The number of carbonyl (C=O) groups excluding carboxylic acids is 1. The third-order valence-corrected chi connectivity index (χ3v) is 7.57. The van der Waals surface area contributed by atoms with E-state index >= 15 is 0 Å². The molecule has 206 valence electrons. The lowest BCUT2D eigenvalue weighted by Gasteiger charge is -2.23. The van der Waals surface area contributed by atoms with Crippen LogP contribution in [0.5, 0.6) is 5.75 Å². The van der Waals surface area contributed by atoms with Gasteiger partial charge in [0.1, 0.15) is 34.3 Å². The van der Waals surface area contributed by atoms with Gasteiger partial charge in [0, 0.05) is 5.69 Å². The number of ether oxygens (including phenoxy) is 2. The van der Waals surface area contributed by atoms with E-state index in [-0.39, 0.29) is 34.4 Å². The van der Waals surface area contributed by atoms with E-state index in [1.807, 2.05) is 19.1 Å². The van der Waals surface area contributed by atoms with Gasteiger partial charge in [-0.3, -0.25) is 4.79 Å². The first-order chi connectivity index (χ1) is 17.5. The summed E-state index contributed by atoms with van der Waals surface area (Å²) < 4.78 is 42.5. The summed E-state index contributed by atoms with van der Waals surface area (Å²) in [5.74, 6) is 1.62. The molecule has 1 aliphatic rings. The minimum atomic E-state index is -4.27. The van der Waals surface area contributed by atoms with Gasteiger partial charge in [0.15, 0.2) is 0 Å². The van der Waals surface area contributed by atoms with E-state index in [1.54, 1.807) is 24.3 Å². The Bertz CT molecular complexity index is 1040. The molecule has 0 spiro atoms. The standard InChI is InChI=1S/C20H31NO4S.C7H8O3S/c1-26(2)13-12-20(23)21-16-8-10-19(11-9-16)25-15-17(22)14-24-18-6-4-3-5-7-18;1-6-2-4-7(5-3-6)11(8,9)10/h8-11,17-18,22H,3-7,12-15H2,1-2H3;2-5H,1H3,(H,8,9,10). The molecule has 1 saturated carbocycles. The van der Waals surface area contributed by atoms with Crippen molar-refractivity contribution in [2.75, 3.05) is 36.8 Å². The maximum absolute atomic E-state index is 11.8. The van der Waals surface area contributed by atoms with E-state index in [0.29, 0.717) is 18.8 Å². The Morgan fingerprint density at radius 2 is 1.68 bits per heavy atom. The number of aliphatic hydroxyl groups excluding tert-OH is 1. The maximum Gasteiger partial charge on any atom is 0.229 e. The highest BCUT2D eigenvalue weighted by Crippen LogP contribution is 2.21. The lowest BCUT2D eigenvalue weighted by atomic mass is 9.98. The van der Waals surface area contributed by atoms with Crippen LogP contribution in [0.25, 0.3) is 0 Å². The van der Waals surface area contributed by atoms with Gasteiger partial charge in [0.2, 0.25) is 5.91 Å². The van der Waals surface area contributed by atoms with Crippen LogP contribution >= 0.6 is 0 Å². The first kappa shape index (κ1) is 31.1. The topological polar surface area (TPSA) is 125 Å². The predicted octanol–water partition coefficient (Wildman–Crippen LogP) is 3.88. The van der Waals surface area contributed by atoms with Crippen molar-refractivity contribution >= 4 is 32.6 Å². The van der Waals surface area contributed by atoms with Gasteiger partial charge in [-0.05, 0) is 67.1 Å². The molecular formula is C27H39NO7S2. The average molecular weight is 554 g/mol. The Balaban J connectivity index is 0.000000364. The van der Waals surface area contributed by atoms with Crippen LogP contribution in [-0.4, -0.2) is 67.7 Å². The van der Waals surface area contributed by atoms with Crippen molar-refractivity contribution in [1.29, 1.82) is 0 Å². The van der Waals surface area contributed by atoms with Crippen molar-refractivity contribution in [1.82, 2.24) is 0 Å². The molecule has 2 N–H and O–H groups in total. The zero-order chi connectivity index (χ0) is 27.3. The monoisotopic (exact) mass is 553 g/mol.